The minimum atomic E-state index is -0.213. The Kier molecular flexibility index (Phi) is 2.62. The van der Waals surface area contributed by atoms with Gasteiger partial charge in [-0.25, -0.2) is 4.68 Å². The van der Waals surface area contributed by atoms with Crippen LogP contribution >= 0.6 is 23.6 Å². The maximum absolute atomic E-state index is 8.88. The number of nitrogens with zero attached hydrogens (tertiary/aromatic N) is 4. The van der Waals surface area contributed by atoms with Crippen LogP contribution in [0.3, 0.4) is 0 Å². The minimum absolute atomic E-state index is 0.213. The Morgan fingerprint density at radius 1 is 1.50 bits per heavy atom. The van der Waals surface area contributed by atoms with E-state index in [0.29, 0.717) is 14.7 Å². The van der Waals surface area contributed by atoms with Gasteiger partial charge < -0.3 is 5.11 Å². The molecule has 2 aromatic rings. The van der Waals surface area contributed by atoms with Gasteiger partial charge in [0.2, 0.25) is 0 Å². The average Bonchev–Trinajstić information content (AvgIpc) is 2.61. The van der Waals surface area contributed by atoms with E-state index >= 15 is 0 Å². The van der Waals surface area contributed by atoms with Crippen molar-refractivity contribution >= 4 is 23.6 Å². The molecule has 0 aliphatic carbocycles. The topological polar surface area (TPSA) is 63.8 Å². The fourth-order valence-electron chi connectivity index (χ4n) is 0.909. The summed E-state index contributed by atoms with van der Waals surface area (Å²) in [5.41, 5.74) is 0.663. The molecule has 7 heteroatoms. The highest BCUT2D eigenvalue weighted by Gasteiger charge is 2.06. The van der Waals surface area contributed by atoms with Crippen LogP contribution in [0.4, 0.5) is 0 Å². The smallest absolute Gasteiger partial charge is 0.181 e. The first kappa shape index (κ1) is 9.38. The van der Waals surface area contributed by atoms with Crippen LogP contribution < -0.4 is 0 Å². The molecule has 14 heavy (non-hydrogen) atoms. The Morgan fingerprint density at radius 3 is 2.93 bits per heavy atom. The molecule has 0 aliphatic heterocycles. The molecule has 0 unspecified atom stereocenters. The van der Waals surface area contributed by atoms with Crippen molar-refractivity contribution in [2.24, 2.45) is 0 Å². The maximum atomic E-state index is 8.88. The predicted molar refractivity (Wildman–Crippen MR) is 54.2 cm³/mol. The van der Waals surface area contributed by atoms with Crippen molar-refractivity contribution < 1.29 is 5.11 Å². The average molecular weight is 226 g/mol. The Labute approximate surface area is 88.7 Å². The molecule has 2 heterocycles. The number of rotatable bonds is 2. The van der Waals surface area contributed by atoms with Gasteiger partial charge in [-0.1, -0.05) is 11.3 Å². The van der Waals surface area contributed by atoms with E-state index in [-0.39, 0.29) is 6.73 Å². The summed E-state index contributed by atoms with van der Waals surface area (Å²) in [5, 5.41) is 13.6. The van der Waals surface area contributed by atoms with E-state index < -0.39 is 0 Å². The Hall–Kier alpha value is -1.18. The summed E-state index contributed by atoms with van der Waals surface area (Å²) in [6.07, 6.45) is 4.78. The normalized spacial score (nSPS) is 10.4. The molecule has 0 saturated carbocycles. The molecular formula is C7H6N4OS2. The zero-order chi connectivity index (χ0) is 9.97. The lowest BCUT2D eigenvalue weighted by atomic mass is 10.5. The van der Waals surface area contributed by atoms with Crippen molar-refractivity contribution in [1.82, 2.24) is 19.7 Å². The van der Waals surface area contributed by atoms with Crippen molar-refractivity contribution in [2.45, 2.75) is 6.73 Å². The highest BCUT2D eigenvalue weighted by atomic mass is 32.1. The van der Waals surface area contributed by atoms with E-state index in [1.54, 1.807) is 18.6 Å². The molecule has 1 N–H and O–H groups in total. The Morgan fingerprint density at radius 2 is 2.36 bits per heavy atom. The molecule has 5 nitrogen and oxygen atoms in total. The van der Waals surface area contributed by atoms with E-state index in [2.05, 4.69) is 15.1 Å². The van der Waals surface area contributed by atoms with Gasteiger partial charge in [-0.3, -0.25) is 9.97 Å². The third kappa shape index (κ3) is 1.69. The van der Waals surface area contributed by atoms with Gasteiger partial charge in [0.15, 0.2) is 8.96 Å². The quantitative estimate of drug-likeness (QED) is 0.776. The largest absolute Gasteiger partial charge is 0.374 e. The molecule has 0 saturated heterocycles. The Bertz CT molecular complexity index is 478. The van der Waals surface area contributed by atoms with Crippen molar-refractivity contribution in [1.29, 1.82) is 0 Å². The van der Waals surface area contributed by atoms with Crippen LogP contribution in [0.2, 0.25) is 0 Å². The number of aliphatic hydroxyl groups is 1. The lowest BCUT2D eigenvalue weighted by Gasteiger charge is -1.92. The van der Waals surface area contributed by atoms with Gasteiger partial charge in [0.1, 0.15) is 12.4 Å². The summed E-state index contributed by atoms with van der Waals surface area (Å²) in [6, 6.07) is 0. The number of hydrogen-bond donors (Lipinski definition) is 1. The van der Waals surface area contributed by atoms with Crippen molar-refractivity contribution in [3.63, 3.8) is 0 Å². The summed E-state index contributed by atoms with van der Waals surface area (Å²) >= 11 is 6.28. The second-order valence-corrected chi connectivity index (χ2v) is 4.03. The fraction of sp³-hybridized carbons (Fsp3) is 0.143. The number of aliphatic hydroxyl groups excluding tert-OH is 1. The van der Waals surface area contributed by atoms with Gasteiger partial charge in [0.05, 0.1) is 6.20 Å². The van der Waals surface area contributed by atoms with Crippen LogP contribution in [0.1, 0.15) is 0 Å². The molecule has 0 spiro atoms. The van der Waals surface area contributed by atoms with Crippen molar-refractivity contribution in [3.05, 3.63) is 22.5 Å². The van der Waals surface area contributed by atoms with Crippen LogP contribution in [-0.2, 0) is 6.73 Å². The van der Waals surface area contributed by atoms with Gasteiger partial charge in [-0.05, 0) is 12.2 Å². The molecule has 0 bridgehead atoms. The standard InChI is InChI=1S/C7H6N4OS2/c12-4-11-7(13)14-6(10-11)5-3-8-1-2-9-5/h1-3,12H,4H2. The van der Waals surface area contributed by atoms with Gasteiger partial charge >= 0.3 is 0 Å². The van der Waals surface area contributed by atoms with E-state index in [0.717, 1.165) is 0 Å². The zero-order valence-electron chi connectivity index (χ0n) is 6.99. The second kappa shape index (κ2) is 3.91. The van der Waals surface area contributed by atoms with Gasteiger partial charge in [-0.15, -0.1) is 0 Å². The van der Waals surface area contributed by atoms with E-state index in [1.165, 1.54) is 16.0 Å². The summed E-state index contributed by atoms with van der Waals surface area (Å²) in [6.45, 7) is -0.213. The summed E-state index contributed by atoms with van der Waals surface area (Å²) in [5.74, 6) is 0. The summed E-state index contributed by atoms with van der Waals surface area (Å²) in [4.78, 5) is 8.01. The predicted octanol–water partition coefficient (Wildman–Crippen LogP) is 1.08. The molecule has 0 amide bonds. The number of aromatic nitrogens is 4. The first-order chi connectivity index (χ1) is 6.81. The van der Waals surface area contributed by atoms with Crippen LogP contribution in [0, 0.1) is 3.95 Å². The lowest BCUT2D eigenvalue weighted by molar-refractivity contribution is 0.194. The monoisotopic (exact) mass is 226 g/mol. The molecular weight excluding hydrogens is 220 g/mol. The molecule has 2 aromatic heterocycles. The molecule has 0 atom stereocenters. The third-order valence-electron chi connectivity index (χ3n) is 1.52. The molecule has 72 valence electrons. The first-order valence-electron chi connectivity index (χ1n) is 3.76. The van der Waals surface area contributed by atoms with Crippen LogP contribution in [0.5, 0.6) is 0 Å². The molecule has 0 aliphatic rings. The van der Waals surface area contributed by atoms with Gasteiger partial charge in [-0.2, -0.15) is 5.10 Å². The molecule has 0 aromatic carbocycles. The van der Waals surface area contributed by atoms with E-state index in [4.69, 9.17) is 17.3 Å². The first-order valence-corrected chi connectivity index (χ1v) is 4.99. The minimum Gasteiger partial charge on any atom is -0.374 e. The van der Waals surface area contributed by atoms with Gasteiger partial charge in [0.25, 0.3) is 0 Å². The van der Waals surface area contributed by atoms with Gasteiger partial charge in [0, 0.05) is 12.4 Å². The third-order valence-corrected chi connectivity index (χ3v) is 2.85. The van der Waals surface area contributed by atoms with E-state index in [9.17, 15) is 0 Å². The van der Waals surface area contributed by atoms with Crippen LogP contribution in [-0.4, -0.2) is 24.9 Å². The van der Waals surface area contributed by atoms with E-state index in [1.807, 2.05) is 0 Å². The van der Waals surface area contributed by atoms with Crippen LogP contribution in [0.25, 0.3) is 10.7 Å². The second-order valence-electron chi connectivity index (χ2n) is 2.40. The molecule has 0 fully saturated rings. The zero-order valence-corrected chi connectivity index (χ0v) is 8.62. The summed E-state index contributed by atoms with van der Waals surface area (Å²) < 4.78 is 1.86. The van der Waals surface area contributed by atoms with Crippen LogP contribution in [0.15, 0.2) is 18.6 Å². The maximum Gasteiger partial charge on any atom is 0.181 e. The number of hydrogen-bond acceptors (Lipinski definition) is 6. The summed E-state index contributed by atoms with van der Waals surface area (Å²) in [7, 11) is 0. The van der Waals surface area contributed by atoms with Crippen molar-refractivity contribution in [3.8, 4) is 10.7 Å². The molecule has 0 radical (unpaired) electrons. The highest BCUT2D eigenvalue weighted by molar-refractivity contribution is 7.73. The SMILES string of the molecule is OCn1nc(-c2cnccn2)sc1=S. The molecule has 2 rings (SSSR count). The fourth-order valence-corrected chi connectivity index (χ4v) is 1.96. The van der Waals surface area contributed by atoms with Crippen molar-refractivity contribution in [2.75, 3.05) is 0 Å². The Balaban J connectivity index is 2.48. The lowest BCUT2D eigenvalue weighted by Crippen LogP contribution is -1.98. The highest BCUT2D eigenvalue weighted by Crippen LogP contribution is 2.19.